The first-order valence-corrected chi connectivity index (χ1v) is 9.15. The molecule has 30 heavy (non-hydrogen) atoms. The molecule has 0 aliphatic heterocycles. The van der Waals surface area contributed by atoms with Crippen LogP contribution in [0, 0.1) is 11.3 Å². The van der Waals surface area contributed by atoms with Crippen LogP contribution in [-0.4, -0.2) is 28.0 Å². The summed E-state index contributed by atoms with van der Waals surface area (Å²) < 4.78 is 82.9. The molecular weight excluding hydrogens is 485 g/mol. The Morgan fingerprint density at radius 2 is 1.83 bits per heavy atom. The van der Waals surface area contributed by atoms with E-state index in [2.05, 4.69) is 9.84 Å². The number of anilines is 1. The van der Waals surface area contributed by atoms with Crippen LogP contribution in [-0.2, 0) is 10.9 Å². The minimum Gasteiger partial charge on any atom is -0.450 e. The number of ether oxygens (including phenoxy) is 1. The van der Waals surface area contributed by atoms with Crippen LogP contribution in [0.25, 0.3) is 5.69 Å². The van der Waals surface area contributed by atoms with Gasteiger partial charge in [-0.3, -0.25) is 5.32 Å². The lowest BCUT2D eigenvalue weighted by Gasteiger charge is -2.15. The Hall–Kier alpha value is -2.30. The third-order valence-electron chi connectivity index (χ3n) is 3.22. The second-order valence-electron chi connectivity index (χ2n) is 5.23. The van der Waals surface area contributed by atoms with Gasteiger partial charge in [0, 0.05) is 0 Å². The highest BCUT2D eigenvalue weighted by Gasteiger charge is 2.37. The number of halogens is 8. The molecule has 1 heterocycles. The highest BCUT2D eigenvalue weighted by Crippen LogP contribution is 2.45. The molecule has 15 heteroatoms. The number of nitriles is 1. The number of rotatable bonds is 4. The fourth-order valence-electron chi connectivity index (χ4n) is 2.16. The van der Waals surface area contributed by atoms with Crippen LogP contribution in [0.4, 0.5) is 37.0 Å². The summed E-state index contributed by atoms with van der Waals surface area (Å²) in [6.07, 6.45) is -6.01. The van der Waals surface area contributed by atoms with Crippen LogP contribution < -0.4 is 5.32 Å². The number of aromatic nitrogens is 2. The first-order chi connectivity index (χ1) is 13.8. The van der Waals surface area contributed by atoms with Gasteiger partial charge in [0.05, 0.1) is 27.1 Å². The monoisotopic (exact) mass is 492 g/mol. The molecule has 1 aromatic heterocycles. The molecule has 0 radical (unpaired) electrons. The number of thioether (sulfide) groups is 1. The zero-order valence-electron chi connectivity index (χ0n) is 14.5. The first-order valence-electron chi connectivity index (χ1n) is 7.57. The second kappa shape index (κ2) is 8.83. The maximum absolute atomic E-state index is 13.0. The molecular formula is C15H8Cl2F6N4O2S. The van der Waals surface area contributed by atoms with Crippen LogP contribution in [0.5, 0.6) is 0 Å². The Kier molecular flexibility index (Phi) is 7.05. The smallest absolute Gasteiger partial charge is 0.446 e. The third kappa shape index (κ3) is 5.44. The Labute approximate surface area is 178 Å². The molecule has 2 aromatic rings. The Bertz CT molecular complexity index is 993. The lowest BCUT2D eigenvalue weighted by atomic mass is 10.2. The molecule has 0 bridgehead atoms. The summed E-state index contributed by atoms with van der Waals surface area (Å²) in [7, 11) is 0. The molecule has 2 rings (SSSR count). The van der Waals surface area contributed by atoms with E-state index in [4.69, 9.17) is 28.5 Å². The normalized spacial score (nSPS) is 11.9. The number of carbonyl (C=O) groups is 1. The van der Waals surface area contributed by atoms with E-state index in [9.17, 15) is 31.1 Å². The Morgan fingerprint density at radius 1 is 1.27 bits per heavy atom. The Balaban J connectivity index is 2.76. The summed E-state index contributed by atoms with van der Waals surface area (Å²) in [5.74, 6) is -0.712. The van der Waals surface area contributed by atoms with Crippen molar-refractivity contribution in [3.63, 3.8) is 0 Å². The molecule has 0 atom stereocenters. The van der Waals surface area contributed by atoms with Gasteiger partial charge in [-0.2, -0.15) is 36.7 Å². The average Bonchev–Trinajstić information content (AvgIpc) is 2.89. The summed E-state index contributed by atoms with van der Waals surface area (Å²) in [6, 6.07) is 2.36. The largest absolute Gasteiger partial charge is 0.450 e. The van der Waals surface area contributed by atoms with Gasteiger partial charge in [0.1, 0.15) is 11.8 Å². The molecule has 0 fully saturated rings. The third-order valence-corrected chi connectivity index (χ3v) is 4.62. The van der Waals surface area contributed by atoms with Crippen molar-refractivity contribution in [1.82, 2.24) is 9.78 Å². The molecule has 0 saturated carbocycles. The van der Waals surface area contributed by atoms with E-state index in [1.807, 2.05) is 5.32 Å². The summed E-state index contributed by atoms with van der Waals surface area (Å²) in [5, 5.41) is 13.5. The van der Waals surface area contributed by atoms with Gasteiger partial charge in [-0.05, 0) is 30.8 Å². The highest BCUT2D eigenvalue weighted by atomic mass is 35.5. The number of nitrogens with zero attached hydrogens (tertiary/aromatic N) is 3. The van der Waals surface area contributed by atoms with Crippen LogP contribution in [0.3, 0.4) is 0 Å². The maximum atomic E-state index is 13.0. The van der Waals surface area contributed by atoms with Crippen molar-refractivity contribution in [3.8, 4) is 11.8 Å². The van der Waals surface area contributed by atoms with Crippen molar-refractivity contribution in [1.29, 1.82) is 5.26 Å². The van der Waals surface area contributed by atoms with Gasteiger partial charge in [0.15, 0.2) is 11.5 Å². The predicted molar refractivity (Wildman–Crippen MR) is 95.9 cm³/mol. The zero-order valence-corrected chi connectivity index (χ0v) is 16.8. The predicted octanol–water partition coefficient (Wildman–Crippen LogP) is 6.25. The maximum Gasteiger partial charge on any atom is 0.446 e. The molecule has 1 amide bonds. The molecule has 0 unspecified atom stereocenters. The quantitative estimate of drug-likeness (QED) is 0.403. The topological polar surface area (TPSA) is 79.9 Å². The highest BCUT2D eigenvalue weighted by molar-refractivity contribution is 8.00. The second-order valence-corrected chi connectivity index (χ2v) is 7.12. The van der Waals surface area contributed by atoms with Gasteiger partial charge >= 0.3 is 17.8 Å². The van der Waals surface area contributed by atoms with Crippen LogP contribution >= 0.6 is 35.0 Å². The van der Waals surface area contributed by atoms with Crippen LogP contribution in [0.15, 0.2) is 17.0 Å². The molecule has 0 saturated heterocycles. The van der Waals surface area contributed by atoms with E-state index in [0.29, 0.717) is 16.8 Å². The summed E-state index contributed by atoms with van der Waals surface area (Å²) in [6.45, 7) is 1.28. The van der Waals surface area contributed by atoms with Gasteiger partial charge < -0.3 is 4.74 Å². The zero-order chi connectivity index (χ0) is 22.9. The van der Waals surface area contributed by atoms with E-state index in [1.165, 1.54) is 13.0 Å². The summed E-state index contributed by atoms with van der Waals surface area (Å²) in [4.78, 5) is 11.0. The summed E-state index contributed by atoms with van der Waals surface area (Å²) >= 11 is 11.0. The number of hydrogen-bond donors (Lipinski definition) is 1. The van der Waals surface area contributed by atoms with Crippen molar-refractivity contribution < 1.29 is 35.9 Å². The van der Waals surface area contributed by atoms with Crippen molar-refractivity contribution in [2.24, 2.45) is 0 Å². The molecule has 0 spiro atoms. The van der Waals surface area contributed by atoms with E-state index in [-0.39, 0.29) is 6.61 Å². The van der Waals surface area contributed by atoms with Gasteiger partial charge in [-0.25, -0.2) is 9.48 Å². The van der Waals surface area contributed by atoms with E-state index < -0.39 is 67.2 Å². The standard InChI is InChI=1S/C15H8Cl2F6N4O2S/c1-2-29-13(28)25-12-11(30-15(21,22)23)9(5-24)26-27(12)10-7(16)3-6(4-8(10)17)14(18,19)20/h3-4H,2H2,1H3,(H,25,28). The lowest BCUT2D eigenvalue weighted by molar-refractivity contribution is -0.137. The molecule has 0 aliphatic carbocycles. The first kappa shape index (κ1) is 24.0. The number of hydrogen-bond acceptors (Lipinski definition) is 5. The molecule has 1 N–H and O–H groups in total. The summed E-state index contributed by atoms with van der Waals surface area (Å²) in [5.41, 5.74) is -7.38. The molecule has 6 nitrogen and oxygen atoms in total. The van der Waals surface area contributed by atoms with Crippen molar-refractivity contribution >= 4 is 46.9 Å². The van der Waals surface area contributed by atoms with Gasteiger partial charge in [0.25, 0.3) is 0 Å². The molecule has 1 aromatic carbocycles. The van der Waals surface area contributed by atoms with E-state index in [0.717, 1.165) is 0 Å². The minimum absolute atomic E-state index is 0.144. The van der Waals surface area contributed by atoms with Crippen LogP contribution in [0.1, 0.15) is 18.2 Å². The average molecular weight is 493 g/mol. The minimum atomic E-state index is -4.89. The number of benzene rings is 1. The van der Waals surface area contributed by atoms with E-state index in [1.54, 1.807) is 0 Å². The SMILES string of the molecule is CCOC(=O)Nc1c(SC(F)(F)F)c(C#N)nn1-c1c(Cl)cc(C(F)(F)F)cc1Cl. The van der Waals surface area contributed by atoms with Gasteiger partial charge in [0.2, 0.25) is 0 Å². The van der Waals surface area contributed by atoms with Gasteiger partial charge in [-0.15, -0.1) is 0 Å². The van der Waals surface area contributed by atoms with Crippen molar-refractivity contribution in [3.05, 3.63) is 33.4 Å². The number of alkyl halides is 6. The van der Waals surface area contributed by atoms with E-state index >= 15 is 0 Å². The van der Waals surface area contributed by atoms with Crippen LogP contribution in [0.2, 0.25) is 10.0 Å². The van der Waals surface area contributed by atoms with Crippen molar-refractivity contribution in [2.45, 2.75) is 23.5 Å². The van der Waals surface area contributed by atoms with Gasteiger partial charge in [-0.1, -0.05) is 23.2 Å². The molecule has 0 aliphatic rings. The van der Waals surface area contributed by atoms with Crippen molar-refractivity contribution in [2.75, 3.05) is 11.9 Å². The lowest BCUT2D eigenvalue weighted by Crippen LogP contribution is -2.17. The molecule has 162 valence electrons. The fourth-order valence-corrected chi connectivity index (χ4v) is 3.45. The number of carbonyl (C=O) groups excluding carboxylic acids is 1. The fraction of sp³-hybridized carbons (Fsp3) is 0.267. The number of nitrogens with one attached hydrogen (secondary N) is 1. The Morgan fingerprint density at radius 3 is 2.27 bits per heavy atom. The number of amides is 1.